The van der Waals surface area contributed by atoms with Gasteiger partial charge in [-0.05, 0) is 42.7 Å². The molecule has 2 aromatic rings. The van der Waals surface area contributed by atoms with E-state index in [1.165, 1.54) is 6.07 Å². The van der Waals surface area contributed by atoms with Crippen molar-refractivity contribution in [3.05, 3.63) is 59.4 Å². The first-order valence-electron chi connectivity index (χ1n) is 6.38. The predicted octanol–water partition coefficient (Wildman–Crippen LogP) is 3.40. The molecular formula is C16H19FN2. The number of para-hydroxylation sites is 1. The smallest absolute Gasteiger partial charge is 0.123 e. The molecule has 2 rings (SSSR count). The standard InChI is InChI=1S/C16H19FN2/c1-12-5-3-8-15(18)16(12)19(2)10-9-13-6-4-7-14(17)11-13/h3-8,11H,9-10,18H2,1-2H3. The van der Waals surface area contributed by atoms with E-state index >= 15 is 0 Å². The van der Waals surface area contributed by atoms with Crippen molar-refractivity contribution in [1.29, 1.82) is 0 Å². The highest BCUT2D eigenvalue weighted by Gasteiger charge is 2.08. The minimum Gasteiger partial charge on any atom is -0.397 e. The van der Waals surface area contributed by atoms with Crippen LogP contribution in [0.2, 0.25) is 0 Å². The number of halogens is 1. The second-order valence-corrected chi connectivity index (χ2v) is 4.81. The second-order valence-electron chi connectivity index (χ2n) is 4.81. The van der Waals surface area contributed by atoms with Crippen molar-refractivity contribution in [3.63, 3.8) is 0 Å². The van der Waals surface area contributed by atoms with E-state index < -0.39 is 0 Å². The van der Waals surface area contributed by atoms with Crippen LogP contribution < -0.4 is 10.6 Å². The molecule has 0 saturated heterocycles. The van der Waals surface area contributed by atoms with Crippen LogP contribution in [0.3, 0.4) is 0 Å². The molecule has 0 atom stereocenters. The van der Waals surface area contributed by atoms with Gasteiger partial charge in [-0.1, -0.05) is 24.3 Å². The van der Waals surface area contributed by atoms with E-state index in [-0.39, 0.29) is 5.82 Å². The zero-order valence-electron chi connectivity index (χ0n) is 11.4. The van der Waals surface area contributed by atoms with Crippen LogP contribution in [0.5, 0.6) is 0 Å². The summed E-state index contributed by atoms with van der Waals surface area (Å²) in [7, 11) is 2.01. The number of hydrogen-bond donors (Lipinski definition) is 1. The molecule has 2 N–H and O–H groups in total. The summed E-state index contributed by atoms with van der Waals surface area (Å²) in [6.07, 6.45) is 0.794. The third-order valence-electron chi connectivity index (χ3n) is 3.28. The lowest BCUT2D eigenvalue weighted by Crippen LogP contribution is -2.22. The van der Waals surface area contributed by atoms with Crippen LogP contribution in [-0.4, -0.2) is 13.6 Å². The van der Waals surface area contributed by atoms with Crippen LogP contribution in [-0.2, 0) is 6.42 Å². The summed E-state index contributed by atoms with van der Waals surface area (Å²) < 4.78 is 13.1. The molecule has 0 heterocycles. The van der Waals surface area contributed by atoms with Crippen molar-refractivity contribution in [3.8, 4) is 0 Å². The molecule has 19 heavy (non-hydrogen) atoms. The van der Waals surface area contributed by atoms with E-state index in [1.54, 1.807) is 12.1 Å². The number of aryl methyl sites for hydroxylation is 1. The molecule has 0 fully saturated rings. The summed E-state index contributed by atoms with van der Waals surface area (Å²) in [5.41, 5.74) is 10.0. The summed E-state index contributed by atoms with van der Waals surface area (Å²) in [6, 6.07) is 12.6. The molecule has 0 aliphatic carbocycles. The number of anilines is 2. The van der Waals surface area contributed by atoms with Crippen molar-refractivity contribution in [2.45, 2.75) is 13.3 Å². The zero-order valence-corrected chi connectivity index (χ0v) is 11.4. The summed E-state index contributed by atoms with van der Waals surface area (Å²) in [6.45, 7) is 2.85. The Morgan fingerprint density at radius 1 is 1.16 bits per heavy atom. The second kappa shape index (κ2) is 5.74. The van der Waals surface area contributed by atoms with Gasteiger partial charge >= 0.3 is 0 Å². The molecule has 0 aliphatic rings. The maximum atomic E-state index is 13.1. The van der Waals surface area contributed by atoms with Crippen molar-refractivity contribution in [1.82, 2.24) is 0 Å². The van der Waals surface area contributed by atoms with Gasteiger partial charge in [0.25, 0.3) is 0 Å². The summed E-state index contributed by atoms with van der Waals surface area (Å²) >= 11 is 0. The Balaban J connectivity index is 2.07. The fraction of sp³-hybridized carbons (Fsp3) is 0.250. The Morgan fingerprint density at radius 3 is 2.58 bits per heavy atom. The zero-order chi connectivity index (χ0) is 13.8. The average Bonchev–Trinajstić information content (AvgIpc) is 2.36. The van der Waals surface area contributed by atoms with E-state index in [9.17, 15) is 4.39 Å². The van der Waals surface area contributed by atoms with E-state index in [0.29, 0.717) is 0 Å². The van der Waals surface area contributed by atoms with Crippen LogP contribution in [0.25, 0.3) is 0 Å². The topological polar surface area (TPSA) is 29.3 Å². The molecule has 0 spiro atoms. The highest BCUT2D eigenvalue weighted by molar-refractivity contribution is 5.71. The van der Waals surface area contributed by atoms with Crippen molar-refractivity contribution >= 4 is 11.4 Å². The molecule has 0 unspecified atom stereocenters. The number of benzene rings is 2. The lowest BCUT2D eigenvalue weighted by Gasteiger charge is -2.23. The SMILES string of the molecule is Cc1cccc(N)c1N(C)CCc1cccc(F)c1. The number of hydrogen-bond acceptors (Lipinski definition) is 2. The van der Waals surface area contributed by atoms with E-state index in [2.05, 4.69) is 4.90 Å². The maximum absolute atomic E-state index is 13.1. The Morgan fingerprint density at radius 2 is 1.89 bits per heavy atom. The molecule has 3 heteroatoms. The first kappa shape index (κ1) is 13.4. The third-order valence-corrected chi connectivity index (χ3v) is 3.28. The minimum atomic E-state index is -0.185. The van der Waals surface area contributed by atoms with Crippen LogP contribution >= 0.6 is 0 Å². The summed E-state index contributed by atoms with van der Waals surface area (Å²) in [5, 5.41) is 0. The van der Waals surface area contributed by atoms with Gasteiger partial charge < -0.3 is 10.6 Å². The van der Waals surface area contributed by atoms with Gasteiger partial charge in [-0.15, -0.1) is 0 Å². The third kappa shape index (κ3) is 3.25. The van der Waals surface area contributed by atoms with E-state index in [0.717, 1.165) is 35.5 Å². The summed E-state index contributed by atoms with van der Waals surface area (Å²) in [4.78, 5) is 2.12. The average molecular weight is 258 g/mol. The van der Waals surface area contributed by atoms with E-state index in [4.69, 9.17) is 5.73 Å². The molecule has 0 saturated carbocycles. The number of nitrogens with zero attached hydrogens (tertiary/aromatic N) is 1. The monoisotopic (exact) mass is 258 g/mol. The Kier molecular flexibility index (Phi) is 4.05. The quantitative estimate of drug-likeness (QED) is 0.852. The summed E-state index contributed by atoms with van der Waals surface area (Å²) in [5.74, 6) is -0.185. The molecule has 0 amide bonds. The van der Waals surface area contributed by atoms with Gasteiger partial charge in [-0.25, -0.2) is 4.39 Å². The van der Waals surface area contributed by atoms with Crippen LogP contribution in [0.1, 0.15) is 11.1 Å². The van der Waals surface area contributed by atoms with Crippen LogP contribution in [0.4, 0.5) is 15.8 Å². The van der Waals surface area contributed by atoms with Crippen LogP contribution in [0, 0.1) is 12.7 Å². The predicted molar refractivity (Wildman–Crippen MR) is 79.0 cm³/mol. The molecule has 0 bridgehead atoms. The fourth-order valence-electron chi connectivity index (χ4n) is 2.30. The normalized spacial score (nSPS) is 10.5. The largest absolute Gasteiger partial charge is 0.397 e. The molecule has 100 valence electrons. The fourth-order valence-corrected chi connectivity index (χ4v) is 2.30. The Hall–Kier alpha value is -2.03. The minimum absolute atomic E-state index is 0.185. The first-order valence-corrected chi connectivity index (χ1v) is 6.38. The lowest BCUT2D eigenvalue weighted by molar-refractivity contribution is 0.625. The highest BCUT2D eigenvalue weighted by atomic mass is 19.1. The Labute approximate surface area is 113 Å². The van der Waals surface area contributed by atoms with Gasteiger partial charge in [0, 0.05) is 13.6 Å². The molecule has 2 nitrogen and oxygen atoms in total. The van der Waals surface area contributed by atoms with Crippen molar-refractivity contribution in [2.24, 2.45) is 0 Å². The maximum Gasteiger partial charge on any atom is 0.123 e. The lowest BCUT2D eigenvalue weighted by atomic mass is 10.1. The van der Waals surface area contributed by atoms with Crippen LogP contribution in [0.15, 0.2) is 42.5 Å². The van der Waals surface area contributed by atoms with Gasteiger partial charge in [-0.2, -0.15) is 0 Å². The number of rotatable bonds is 4. The molecule has 0 aromatic heterocycles. The van der Waals surface area contributed by atoms with Gasteiger partial charge in [0.05, 0.1) is 11.4 Å². The number of nitrogen functional groups attached to an aromatic ring is 1. The van der Waals surface area contributed by atoms with Gasteiger partial charge in [0.15, 0.2) is 0 Å². The van der Waals surface area contributed by atoms with E-state index in [1.807, 2.05) is 38.2 Å². The molecule has 0 aliphatic heterocycles. The molecule has 2 aromatic carbocycles. The van der Waals surface area contributed by atoms with Crippen molar-refractivity contribution in [2.75, 3.05) is 24.2 Å². The van der Waals surface area contributed by atoms with Gasteiger partial charge in [0.1, 0.15) is 5.82 Å². The van der Waals surface area contributed by atoms with Gasteiger partial charge in [0.2, 0.25) is 0 Å². The number of likely N-dealkylation sites (N-methyl/N-ethyl adjacent to an activating group) is 1. The first-order chi connectivity index (χ1) is 9.08. The molecule has 0 radical (unpaired) electrons. The Bertz CT molecular complexity index is 546. The number of nitrogens with two attached hydrogens (primary N) is 1. The van der Waals surface area contributed by atoms with Crippen molar-refractivity contribution < 1.29 is 4.39 Å². The molecular weight excluding hydrogens is 239 g/mol. The van der Waals surface area contributed by atoms with Gasteiger partial charge in [-0.3, -0.25) is 0 Å². The highest BCUT2D eigenvalue weighted by Crippen LogP contribution is 2.26.